The first kappa shape index (κ1) is 14.0. The molecule has 1 atom stereocenters. The number of unbranched alkanes of at least 4 members (excludes halogenated alkanes) is 1. The molecular formula is C15H23BrN2. The minimum atomic E-state index is 0.361. The van der Waals surface area contributed by atoms with Gasteiger partial charge in [-0.1, -0.05) is 47.5 Å². The van der Waals surface area contributed by atoms with Crippen molar-refractivity contribution in [3.63, 3.8) is 0 Å². The molecule has 1 aromatic carbocycles. The highest BCUT2D eigenvalue weighted by atomic mass is 79.9. The molecule has 18 heavy (non-hydrogen) atoms. The third-order valence-corrected chi connectivity index (χ3v) is 4.40. The summed E-state index contributed by atoms with van der Waals surface area (Å²) in [7, 11) is 0. The predicted octanol–water partition coefficient (Wildman–Crippen LogP) is 3.71. The van der Waals surface area contributed by atoms with Gasteiger partial charge in [-0.2, -0.15) is 0 Å². The van der Waals surface area contributed by atoms with Crippen LogP contribution >= 0.6 is 15.9 Å². The number of rotatable bonds is 7. The van der Waals surface area contributed by atoms with E-state index in [9.17, 15) is 0 Å². The third-order valence-electron chi connectivity index (χ3n) is 3.67. The van der Waals surface area contributed by atoms with Crippen molar-refractivity contribution in [3.8, 4) is 0 Å². The van der Waals surface area contributed by atoms with E-state index < -0.39 is 0 Å². The van der Waals surface area contributed by atoms with Gasteiger partial charge in [0.25, 0.3) is 0 Å². The highest BCUT2D eigenvalue weighted by molar-refractivity contribution is 9.10. The van der Waals surface area contributed by atoms with Crippen LogP contribution < -0.4 is 5.73 Å². The average Bonchev–Trinajstić information content (AvgIpc) is 3.20. The van der Waals surface area contributed by atoms with E-state index in [1.165, 1.54) is 42.3 Å². The van der Waals surface area contributed by atoms with Crippen LogP contribution in [-0.2, 0) is 0 Å². The zero-order chi connectivity index (χ0) is 13.0. The van der Waals surface area contributed by atoms with Gasteiger partial charge in [-0.25, -0.2) is 0 Å². The van der Waals surface area contributed by atoms with E-state index in [0.29, 0.717) is 12.6 Å². The van der Waals surface area contributed by atoms with Crippen LogP contribution in [0, 0.1) is 0 Å². The van der Waals surface area contributed by atoms with E-state index in [2.05, 4.69) is 52.0 Å². The number of halogens is 1. The average molecular weight is 311 g/mol. The number of hydrogen-bond acceptors (Lipinski definition) is 2. The molecule has 0 spiro atoms. The van der Waals surface area contributed by atoms with Crippen LogP contribution in [0.4, 0.5) is 0 Å². The van der Waals surface area contributed by atoms with Gasteiger partial charge >= 0.3 is 0 Å². The summed E-state index contributed by atoms with van der Waals surface area (Å²) < 4.78 is 1.18. The lowest BCUT2D eigenvalue weighted by atomic mass is 10.0. The Morgan fingerprint density at radius 3 is 2.67 bits per heavy atom. The maximum Gasteiger partial charge on any atom is 0.0484 e. The van der Waals surface area contributed by atoms with E-state index in [4.69, 9.17) is 5.73 Å². The molecule has 2 rings (SSSR count). The number of hydrogen-bond donors (Lipinski definition) is 1. The van der Waals surface area contributed by atoms with Gasteiger partial charge in [0.05, 0.1) is 0 Å². The Labute approximate surface area is 119 Å². The molecule has 1 fully saturated rings. The number of nitrogens with zero attached hydrogens (tertiary/aromatic N) is 1. The van der Waals surface area contributed by atoms with Crippen LogP contribution in [0.1, 0.15) is 44.2 Å². The molecule has 1 unspecified atom stereocenters. The Balaban J connectivity index is 2.17. The van der Waals surface area contributed by atoms with Crippen LogP contribution in [0.3, 0.4) is 0 Å². The lowest BCUT2D eigenvalue weighted by Crippen LogP contribution is -2.36. The van der Waals surface area contributed by atoms with E-state index >= 15 is 0 Å². The summed E-state index contributed by atoms with van der Waals surface area (Å²) in [5.41, 5.74) is 7.39. The molecule has 0 saturated heterocycles. The minimum absolute atomic E-state index is 0.361. The molecular weight excluding hydrogens is 288 g/mol. The Hall–Kier alpha value is -0.380. The standard InChI is InChI=1S/C15H23BrN2/c1-2-3-10-18(12-8-9-12)15(11-17)13-6-4-5-7-14(13)16/h4-7,12,15H,2-3,8-11,17H2,1H3. The second-order valence-corrected chi connectivity index (χ2v) is 5.95. The molecule has 0 aromatic heterocycles. The van der Waals surface area contributed by atoms with Crippen molar-refractivity contribution in [2.75, 3.05) is 13.1 Å². The van der Waals surface area contributed by atoms with Crippen LogP contribution in [0.5, 0.6) is 0 Å². The van der Waals surface area contributed by atoms with Gasteiger partial charge in [0.15, 0.2) is 0 Å². The molecule has 1 saturated carbocycles. The molecule has 100 valence electrons. The first-order valence-electron chi connectivity index (χ1n) is 6.98. The molecule has 1 aliphatic carbocycles. The van der Waals surface area contributed by atoms with Crippen molar-refractivity contribution >= 4 is 15.9 Å². The summed E-state index contributed by atoms with van der Waals surface area (Å²) in [6.45, 7) is 4.12. The largest absolute Gasteiger partial charge is 0.329 e. The van der Waals surface area contributed by atoms with Crippen molar-refractivity contribution in [1.82, 2.24) is 4.90 Å². The van der Waals surface area contributed by atoms with Crippen molar-refractivity contribution in [2.45, 2.75) is 44.7 Å². The monoisotopic (exact) mass is 310 g/mol. The van der Waals surface area contributed by atoms with Gasteiger partial charge in [-0.3, -0.25) is 4.90 Å². The fraction of sp³-hybridized carbons (Fsp3) is 0.600. The molecule has 1 aromatic rings. The number of nitrogens with two attached hydrogens (primary N) is 1. The van der Waals surface area contributed by atoms with E-state index in [1.807, 2.05) is 0 Å². The van der Waals surface area contributed by atoms with Crippen molar-refractivity contribution in [3.05, 3.63) is 34.3 Å². The van der Waals surface area contributed by atoms with Crippen LogP contribution in [0.15, 0.2) is 28.7 Å². The maximum atomic E-state index is 6.05. The van der Waals surface area contributed by atoms with Gasteiger partial charge in [0.2, 0.25) is 0 Å². The van der Waals surface area contributed by atoms with E-state index in [0.717, 1.165) is 6.04 Å². The highest BCUT2D eigenvalue weighted by Gasteiger charge is 2.34. The fourth-order valence-corrected chi connectivity index (χ4v) is 3.08. The zero-order valence-electron chi connectivity index (χ0n) is 11.1. The summed E-state index contributed by atoms with van der Waals surface area (Å²) in [6, 6.07) is 9.60. The SMILES string of the molecule is CCCCN(C1CC1)C(CN)c1ccccc1Br. The normalized spacial score (nSPS) is 17.1. The van der Waals surface area contributed by atoms with Crippen molar-refractivity contribution < 1.29 is 0 Å². The first-order valence-corrected chi connectivity index (χ1v) is 7.77. The zero-order valence-corrected chi connectivity index (χ0v) is 12.7. The van der Waals surface area contributed by atoms with Crippen LogP contribution in [-0.4, -0.2) is 24.0 Å². The Bertz CT molecular complexity index is 377. The molecule has 2 N–H and O–H groups in total. The van der Waals surface area contributed by atoms with Crippen LogP contribution in [0.25, 0.3) is 0 Å². The molecule has 0 amide bonds. The quantitative estimate of drug-likeness (QED) is 0.831. The predicted molar refractivity (Wildman–Crippen MR) is 80.6 cm³/mol. The van der Waals surface area contributed by atoms with Gasteiger partial charge in [0.1, 0.15) is 0 Å². The molecule has 0 heterocycles. The number of benzene rings is 1. The molecule has 1 aliphatic rings. The van der Waals surface area contributed by atoms with E-state index in [-0.39, 0.29) is 0 Å². The van der Waals surface area contributed by atoms with Gasteiger partial charge in [0, 0.05) is 23.1 Å². The molecule has 0 bridgehead atoms. The first-order chi connectivity index (χ1) is 8.77. The van der Waals surface area contributed by atoms with Gasteiger partial charge < -0.3 is 5.73 Å². The summed E-state index contributed by atoms with van der Waals surface area (Å²) in [5.74, 6) is 0. The molecule has 2 nitrogen and oxygen atoms in total. The highest BCUT2D eigenvalue weighted by Crippen LogP contribution is 2.36. The molecule has 0 aliphatic heterocycles. The Morgan fingerprint density at radius 1 is 1.39 bits per heavy atom. The van der Waals surface area contributed by atoms with Crippen molar-refractivity contribution in [2.24, 2.45) is 5.73 Å². The molecule has 3 heteroatoms. The second kappa shape index (κ2) is 6.69. The van der Waals surface area contributed by atoms with Gasteiger partial charge in [-0.15, -0.1) is 0 Å². The summed E-state index contributed by atoms with van der Waals surface area (Å²) in [6.07, 6.45) is 5.18. The van der Waals surface area contributed by atoms with E-state index in [1.54, 1.807) is 0 Å². The lowest BCUT2D eigenvalue weighted by Gasteiger charge is -2.32. The second-order valence-electron chi connectivity index (χ2n) is 5.10. The fourth-order valence-electron chi connectivity index (χ4n) is 2.53. The maximum absolute atomic E-state index is 6.05. The summed E-state index contributed by atoms with van der Waals surface area (Å²) in [4.78, 5) is 2.61. The van der Waals surface area contributed by atoms with Crippen LogP contribution in [0.2, 0.25) is 0 Å². The molecule has 0 radical (unpaired) electrons. The smallest absolute Gasteiger partial charge is 0.0484 e. The Kier molecular flexibility index (Phi) is 5.22. The lowest BCUT2D eigenvalue weighted by molar-refractivity contribution is 0.187. The summed E-state index contributed by atoms with van der Waals surface area (Å²) in [5, 5.41) is 0. The topological polar surface area (TPSA) is 29.3 Å². The third kappa shape index (κ3) is 3.34. The van der Waals surface area contributed by atoms with Crippen molar-refractivity contribution in [1.29, 1.82) is 0 Å². The Morgan fingerprint density at radius 2 is 2.11 bits per heavy atom. The van der Waals surface area contributed by atoms with Gasteiger partial charge in [-0.05, 0) is 37.4 Å². The minimum Gasteiger partial charge on any atom is -0.329 e. The summed E-state index contributed by atoms with van der Waals surface area (Å²) >= 11 is 3.66.